The standard InChI is InChI=1S/C12H14N4S2/c1-7-3-4-9(11(13)17)12(16-7)15-6-10-14-5-8(2)18-10/h3-5H,6H2,1-2H3,(H2,13,17)(H,15,16). The van der Waals surface area contributed by atoms with Crippen molar-refractivity contribution in [2.24, 2.45) is 5.73 Å². The second kappa shape index (κ2) is 5.41. The Morgan fingerprint density at radius 1 is 1.44 bits per heavy atom. The Bertz CT molecular complexity index is 577. The van der Waals surface area contributed by atoms with Crippen LogP contribution in [0, 0.1) is 13.8 Å². The molecule has 0 spiro atoms. The molecule has 0 aliphatic rings. The van der Waals surface area contributed by atoms with Gasteiger partial charge in [0.1, 0.15) is 15.8 Å². The zero-order chi connectivity index (χ0) is 13.1. The minimum Gasteiger partial charge on any atom is -0.389 e. The summed E-state index contributed by atoms with van der Waals surface area (Å²) in [5.74, 6) is 0.718. The molecule has 2 aromatic heterocycles. The van der Waals surface area contributed by atoms with E-state index in [0.29, 0.717) is 11.5 Å². The van der Waals surface area contributed by atoms with Gasteiger partial charge in [-0.25, -0.2) is 9.97 Å². The lowest BCUT2D eigenvalue weighted by Crippen LogP contribution is -2.14. The van der Waals surface area contributed by atoms with Crippen molar-refractivity contribution in [3.05, 3.63) is 39.5 Å². The van der Waals surface area contributed by atoms with E-state index in [0.717, 1.165) is 22.1 Å². The number of thiazole rings is 1. The highest BCUT2D eigenvalue weighted by molar-refractivity contribution is 7.80. The van der Waals surface area contributed by atoms with Gasteiger partial charge >= 0.3 is 0 Å². The number of hydrogen-bond donors (Lipinski definition) is 2. The number of hydrogen-bond acceptors (Lipinski definition) is 5. The molecule has 2 rings (SSSR count). The van der Waals surface area contributed by atoms with Crippen LogP contribution < -0.4 is 11.1 Å². The summed E-state index contributed by atoms with van der Waals surface area (Å²) in [7, 11) is 0. The van der Waals surface area contributed by atoms with Gasteiger partial charge in [-0.2, -0.15) is 0 Å². The molecule has 94 valence electrons. The van der Waals surface area contributed by atoms with Crippen molar-refractivity contribution in [2.45, 2.75) is 20.4 Å². The summed E-state index contributed by atoms with van der Waals surface area (Å²) in [5.41, 5.74) is 7.37. The summed E-state index contributed by atoms with van der Waals surface area (Å²) in [4.78, 5) is 10.2. The third-order valence-corrected chi connectivity index (χ3v) is 3.51. The number of rotatable bonds is 4. The van der Waals surface area contributed by atoms with Crippen LogP contribution in [0.5, 0.6) is 0 Å². The first-order valence-electron chi connectivity index (χ1n) is 5.49. The van der Waals surface area contributed by atoms with Crippen LogP contribution in [-0.4, -0.2) is 15.0 Å². The highest BCUT2D eigenvalue weighted by Crippen LogP contribution is 2.16. The van der Waals surface area contributed by atoms with E-state index in [2.05, 4.69) is 15.3 Å². The van der Waals surface area contributed by atoms with E-state index >= 15 is 0 Å². The molecule has 4 nitrogen and oxygen atoms in total. The molecule has 0 aromatic carbocycles. The molecule has 0 amide bonds. The SMILES string of the molecule is Cc1ccc(C(N)=S)c(NCc2ncc(C)s2)n1. The molecule has 3 N–H and O–H groups in total. The molecule has 0 aliphatic heterocycles. The van der Waals surface area contributed by atoms with Gasteiger partial charge in [-0.15, -0.1) is 11.3 Å². The number of anilines is 1. The molecule has 0 aliphatic carbocycles. The summed E-state index contributed by atoms with van der Waals surface area (Å²) < 4.78 is 0. The van der Waals surface area contributed by atoms with Crippen LogP contribution in [0.2, 0.25) is 0 Å². The van der Waals surface area contributed by atoms with Crippen molar-refractivity contribution in [1.29, 1.82) is 0 Å². The predicted molar refractivity (Wildman–Crippen MR) is 79.0 cm³/mol. The fraction of sp³-hybridized carbons (Fsp3) is 0.250. The Morgan fingerprint density at radius 2 is 2.22 bits per heavy atom. The molecular formula is C12H14N4S2. The molecule has 6 heteroatoms. The number of nitrogens with two attached hydrogens (primary N) is 1. The molecule has 0 saturated carbocycles. The predicted octanol–water partition coefficient (Wildman–Crippen LogP) is 2.40. The Balaban J connectivity index is 2.17. The monoisotopic (exact) mass is 278 g/mol. The normalized spacial score (nSPS) is 10.3. The molecule has 2 aromatic rings. The van der Waals surface area contributed by atoms with Crippen molar-refractivity contribution in [1.82, 2.24) is 9.97 Å². The van der Waals surface area contributed by atoms with E-state index < -0.39 is 0 Å². The van der Waals surface area contributed by atoms with Crippen LogP contribution in [0.3, 0.4) is 0 Å². The first-order chi connectivity index (χ1) is 8.56. The van der Waals surface area contributed by atoms with Crippen LogP contribution in [-0.2, 0) is 6.54 Å². The summed E-state index contributed by atoms with van der Waals surface area (Å²) >= 11 is 6.67. The van der Waals surface area contributed by atoms with Gasteiger partial charge in [-0.3, -0.25) is 0 Å². The van der Waals surface area contributed by atoms with Crippen molar-refractivity contribution in [3.8, 4) is 0 Å². The zero-order valence-electron chi connectivity index (χ0n) is 10.2. The fourth-order valence-electron chi connectivity index (χ4n) is 1.53. The first-order valence-corrected chi connectivity index (χ1v) is 6.71. The van der Waals surface area contributed by atoms with Crippen LogP contribution in [0.25, 0.3) is 0 Å². The Labute approximate surface area is 115 Å². The van der Waals surface area contributed by atoms with Crippen molar-refractivity contribution >= 4 is 34.4 Å². The lowest BCUT2D eigenvalue weighted by atomic mass is 10.2. The number of nitrogens with zero attached hydrogens (tertiary/aromatic N) is 2. The average molecular weight is 278 g/mol. The van der Waals surface area contributed by atoms with E-state index in [9.17, 15) is 0 Å². The van der Waals surface area contributed by atoms with Gasteiger partial charge in [0, 0.05) is 16.8 Å². The smallest absolute Gasteiger partial charge is 0.136 e. The average Bonchev–Trinajstić information content (AvgIpc) is 2.72. The maximum absolute atomic E-state index is 5.68. The van der Waals surface area contributed by atoms with Crippen LogP contribution >= 0.6 is 23.6 Å². The van der Waals surface area contributed by atoms with Crippen molar-refractivity contribution in [3.63, 3.8) is 0 Å². The highest BCUT2D eigenvalue weighted by atomic mass is 32.1. The summed E-state index contributed by atoms with van der Waals surface area (Å²) in [6, 6.07) is 3.79. The molecule has 0 radical (unpaired) electrons. The second-order valence-electron chi connectivity index (χ2n) is 3.93. The van der Waals surface area contributed by atoms with E-state index in [1.807, 2.05) is 32.2 Å². The highest BCUT2D eigenvalue weighted by Gasteiger charge is 2.07. The molecule has 0 unspecified atom stereocenters. The molecule has 0 fully saturated rings. The third kappa shape index (κ3) is 3.02. The van der Waals surface area contributed by atoms with E-state index in [1.165, 1.54) is 4.88 Å². The summed E-state index contributed by atoms with van der Waals surface area (Å²) in [6.07, 6.45) is 1.86. The van der Waals surface area contributed by atoms with Gasteiger partial charge in [0.05, 0.1) is 12.1 Å². The van der Waals surface area contributed by atoms with E-state index in [-0.39, 0.29) is 0 Å². The Kier molecular flexibility index (Phi) is 3.88. The third-order valence-electron chi connectivity index (χ3n) is 2.38. The number of thiocarbonyl (C=S) groups is 1. The zero-order valence-corrected chi connectivity index (χ0v) is 11.9. The largest absolute Gasteiger partial charge is 0.389 e. The van der Waals surface area contributed by atoms with Gasteiger partial charge in [0.2, 0.25) is 0 Å². The number of aromatic nitrogens is 2. The van der Waals surface area contributed by atoms with E-state index in [4.69, 9.17) is 18.0 Å². The van der Waals surface area contributed by atoms with E-state index in [1.54, 1.807) is 11.3 Å². The number of aryl methyl sites for hydroxylation is 2. The molecule has 0 saturated heterocycles. The molecule has 2 heterocycles. The maximum atomic E-state index is 5.68. The number of pyridine rings is 1. The van der Waals surface area contributed by atoms with Crippen LogP contribution in [0.4, 0.5) is 5.82 Å². The molecule has 18 heavy (non-hydrogen) atoms. The van der Waals surface area contributed by atoms with Gasteiger partial charge in [0.15, 0.2) is 0 Å². The van der Waals surface area contributed by atoms with Gasteiger partial charge in [-0.05, 0) is 26.0 Å². The maximum Gasteiger partial charge on any atom is 0.136 e. The van der Waals surface area contributed by atoms with Crippen LogP contribution in [0.15, 0.2) is 18.3 Å². The Hall–Kier alpha value is -1.53. The topological polar surface area (TPSA) is 63.8 Å². The molecular weight excluding hydrogens is 264 g/mol. The fourth-order valence-corrected chi connectivity index (χ4v) is 2.42. The van der Waals surface area contributed by atoms with Crippen LogP contribution in [0.1, 0.15) is 21.1 Å². The van der Waals surface area contributed by atoms with Gasteiger partial charge in [0.25, 0.3) is 0 Å². The lowest BCUT2D eigenvalue weighted by Gasteiger charge is -2.09. The quantitative estimate of drug-likeness (QED) is 0.841. The van der Waals surface area contributed by atoms with Crippen molar-refractivity contribution < 1.29 is 0 Å². The van der Waals surface area contributed by atoms with Gasteiger partial charge in [-0.1, -0.05) is 12.2 Å². The molecule has 0 atom stereocenters. The minimum atomic E-state index is 0.348. The van der Waals surface area contributed by atoms with Gasteiger partial charge < -0.3 is 11.1 Å². The molecule has 0 bridgehead atoms. The summed E-state index contributed by atoms with van der Waals surface area (Å²) in [6.45, 7) is 4.60. The first kappa shape index (κ1) is 12.9. The van der Waals surface area contributed by atoms with Crippen molar-refractivity contribution in [2.75, 3.05) is 5.32 Å². The lowest BCUT2D eigenvalue weighted by molar-refractivity contribution is 1.06. The second-order valence-corrected chi connectivity index (χ2v) is 5.69. The number of nitrogens with one attached hydrogen (secondary N) is 1. The minimum absolute atomic E-state index is 0.348. The Morgan fingerprint density at radius 3 is 2.83 bits per heavy atom. The summed E-state index contributed by atoms with van der Waals surface area (Å²) in [5, 5.41) is 4.25.